The van der Waals surface area contributed by atoms with Gasteiger partial charge in [0.1, 0.15) is 0 Å². The number of nitrogens with one attached hydrogen (secondary N) is 1. The van der Waals surface area contributed by atoms with E-state index in [4.69, 9.17) is 5.73 Å². The molecule has 0 saturated heterocycles. The second-order valence-electron chi connectivity index (χ2n) is 10.3. The lowest BCUT2D eigenvalue weighted by atomic mass is 9.40. The first-order chi connectivity index (χ1) is 13.5. The maximum Gasteiger partial charge on any atom is 0.226 e. The average Bonchev–Trinajstić information content (AvgIpc) is 2.70. The van der Waals surface area contributed by atoms with Crippen LogP contribution in [-0.4, -0.2) is 24.7 Å². The third-order valence-corrected chi connectivity index (χ3v) is 8.65. The van der Waals surface area contributed by atoms with Crippen LogP contribution in [0.2, 0.25) is 0 Å². The van der Waals surface area contributed by atoms with Gasteiger partial charge in [-0.25, -0.2) is 0 Å². The zero-order chi connectivity index (χ0) is 19.4. The van der Waals surface area contributed by atoms with Crippen LogP contribution in [0.15, 0.2) is 30.3 Å². The molecule has 0 heterocycles. The Balaban J connectivity index is 1.42. The van der Waals surface area contributed by atoms with Crippen molar-refractivity contribution in [2.75, 3.05) is 6.67 Å². The smallest absolute Gasteiger partial charge is 0.226 e. The number of hydrogen-bond acceptors (Lipinski definition) is 2. The quantitative estimate of drug-likeness (QED) is 0.821. The number of carbonyl (C=O) groups excluding carboxylic acids is 1. The summed E-state index contributed by atoms with van der Waals surface area (Å²) in [5.41, 5.74) is 7.16. The zero-order valence-electron chi connectivity index (χ0n) is 16.7. The lowest BCUT2D eigenvalue weighted by molar-refractivity contribution is -0.159. The van der Waals surface area contributed by atoms with E-state index >= 15 is 0 Å². The van der Waals surface area contributed by atoms with E-state index in [1.807, 2.05) is 0 Å². The third kappa shape index (κ3) is 2.91. The molecule has 2 unspecified atom stereocenters. The minimum atomic E-state index is -0.299. The van der Waals surface area contributed by atoms with Crippen LogP contribution in [-0.2, 0) is 10.2 Å². The second-order valence-corrected chi connectivity index (χ2v) is 10.3. The van der Waals surface area contributed by atoms with Crippen LogP contribution in [0.1, 0.15) is 63.4 Å². The van der Waals surface area contributed by atoms with Gasteiger partial charge in [-0.05, 0) is 86.5 Å². The van der Waals surface area contributed by atoms with E-state index in [0.29, 0.717) is 17.9 Å². The molecule has 1 aromatic rings. The molecule has 5 fully saturated rings. The van der Waals surface area contributed by atoms with Crippen LogP contribution in [0.5, 0.6) is 0 Å². The molecule has 0 aromatic heterocycles. The number of alkyl halides is 1. The van der Waals surface area contributed by atoms with Crippen LogP contribution in [0.3, 0.4) is 0 Å². The van der Waals surface area contributed by atoms with E-state index in [1.165, 1.54) is 5.56 Å². The van der Waals surface area contributed by atoms with Gasteiger partial charge in [0.05, 0.1) is 12.1 Å². The molecule has 3 nitrogen and oxygen atoms in total. The predicted molar refractivity (Wildman–Crippen MR) is 108 cm³/mol. The van der Waals surface area contributed by atoms with Crippen molar-refractivity contribution in [3.63, 3.8) is 0 Å². The van der Waals surface area contributed by atoms with Gasteiger partial charge in [-0.1, -0.05) is 30.3 Å². The van der Waals surface area contributed by atoms with Crippen LogP contribution >= 0.6 is 0 Å². The molecular weight excluding hydrogens is 351 g/mol. The highest BCUT2D eigenvalue weighted by Gasteiger charge is 2.64. The number of benzene rings is 1. The number of carbonyl (C=O) groups is 1. The van der Waals surface area contributed by atoms with E-state index in [9.17, 15) is 9.18 Å². The molecule has 6 rings (SSSR count). The molecule has 152 valence electrons. The van der Waals surface area contributed by atoms with Crippen molar-refractivity contribution >= 4 is 5.91 Å². The molecule has 0 spiro atoms. The van der Waals surface area contributed by atoms with Crippen molar-refractivity contribution in [1.82, 2.24) is 5.32 Å². The van der Waals surface area contributed by atoms with Gasteiger partial charge in [0.15, 0.2) is 0 Å². The maximum absolute atomic E-state index is 13.9. The normalized spacial score (nSPS) is 44.4. The number of halogens is 1. The Morgan fingerprint density at radius 1 is 1.04 bits per heavy atom. The van der Waals surface area contributed by atoms with Crippen molar-refractivity contribution in [1.29, 1.82) is 0 Å². The van der Waals surface area contributed by atoms with Gasteiger partial charge in [0, 0.05) is 12.1 Å². The Labute approximate surface area is 167 Å². The Morgan fingerprint density at radius 2 is 1.68 bits per heavy atom. The minimum Gasteiger partial charge on any atom is -0.353 e. The third-order valence-electron chi connectivity index (χ3n) is 8.65. The van der Waals surface area contributed by atoms with Crippen LogP contribution in [0.4, 0.5) is 4.39 Å². The standard InChI is InChI=1S/C24H33FN2O/c25-14-21-16-10-23(18-4-2-1-3-5-18)11-17(21)13-24(12-16,15-23)22(28)27-20-8-6-19(26)7-9-20/h1-5,16-17,19-21H,6-15,26H2,(H,27,28)/t16?,17?,19-,20-,21?,23?,24?. The Morgan fingerprint density at radius 3 is 2.29 bits per heavy atom. The van der Waals surface area contributed by atoms with E-state index in [-0.39, 0.29) is 35.4 Å². The monoisotopic (exact) mass is 384 g/mol. The fraction of sp³-hybridized carbons (Fsp3) is 0.708. The first-order valence-electron chi connectivity index (χ1n) is 11.2. The highest BCUT2D eigenvalue weighted by atomic mass is 19.1. The summed E-state index contributed by atoms with van der Waals surface area (Å²) in [5.74, 6) is 1.10. The van der Waals surface area contributed by atoms with E-state index in [1.54, 1.807) is 0 Å². The molecule has 0 aliphatic heterocycles. The number of rotatable bonds is 4. The van der Waals surface area contributed by atoms with Crippen LogP contribution < -0.4 is 11.1 Å². The fourth-order valence-corrected chi connectivity index (χ4v) is 7.49. The van der Waals surface area contributed by atoms with Gasteiger partial charge in [-0.3, -0.25) is 9.18 Å². The summed E-state index contributed by atoms with van der Waals surface area (Å²) < 4.78 is 13.9. The molecule has 0 radical (unpaired) electrons. The van der Waals surface area contributed by atoms with Gasteiger partial charge in [0.25, 0.3) is 0 Å². The van der Waals surface area contributed by atoms with Crippen LogP contribution in [0.25, 0.3) is 0 Å². The number of hydrogen-bond donors (Lipinski definition) is 2. The molecule has 4 bridgehead atoms. The Bertz CT molecular complexity index is 711. The first-order valence-corrected chi connectivity index (χ1v) is 11.2. The zero-order valence-corrected chi connectivity index (χ0v) is 16.7. The number of amides is 1. The van der Waals surface area contributed by atoms with E-state index in [2.05, 4.69) is 35.6 Å². The lowest BCUT2D eigenvalue weighted by Gasteiger charge is -2.64. The molecule has 4 heteroatoms. The summed E-state index contributed by atoms with van der Waals surface area (Å²) in [4.78, 5) is 13.6. The summed E-state index contributed by atoms with van der Waals surface area (Å²) in [6, 6.07) is 11.3. The van der Waals surface area contributed by atoms with Crippen LogP contribution in [0, 0.1) is 23.2 Å². The Hall–Kier alpha value is -1.42. The average molecular weight is 385 g/mol. The van der Waals surface area contributed by atoms with Gasteiger partial charge >= 0.3 is 0 Å². The highest BCUT2D eigenvalue weighted by Crippen LogP contribution is 2.67. The molecule has 5 saturated carbocycles. The molecule has 2 atom stereocenters. The minimum absolute atomic E-state index is 0.0605. The SMILES string of the molecule is N[C@H]1CC[C@H](NC(=O)C23CC4CC(c5ccccc5)(CC(C2)C4CF)C3)CC1. The van der Waals surface area contributed by atoms with E-state index in [0.717, 1.165) is 57.8 Å². The summed E-state index contributed by atoms with van der Waals surface area (Å²) in [7, 11) is 0. The second kappa shape index (κ2) is 6.83. The fourth-order valence-electron chi connectivity index (χ4n) is 7.49. The topological polar surface area (TPSA) is 55.1 Å². The van der Waals surface area contributed by atoms with Gasteiger partial charge in [0.2, 0.25) is 5.91 Å². The molecule has 28 heavy (non-hydrogen) atoms. The molecule has 5 aliphatic rings. The summed E-state index contributed by atoms with van der Waals surface area (Å²) in [5, 5.41) is 3.41. The molecule has 5 aliphatic carbocycles. The molecule has 1 aromatic carbocycles. The summed E-state index contributed by atoms with van der Waals surface area (Å²) in [6.45, 7) is -0.224. The van der Waals surface area contributed by atoms with Crippen molar-refractivity contribution in [2.45, 2.75) is 75.3 Å². The number of nitrogens with two attached hydrogens (primary N) is 1. The van der Waals surface area contributed by atoms with Gasteiger partial charge in [-0.2, -0.15) is 0 Å². The largest absolute Gasteiger partial charge is 0.353 e. The maximum atomic E-state index is 13.9. The predicted octanol–water partition coefficient (Wildman–Crippen LogP) is 4.11. The van der Waals surface area contributed by atoms with E-state index < -0.39 is 0 Å². The summed E-state index contributed by atoms with van der Waals surface area (Å²) in [6.07, 6.45) is 8.79. The molecular formula is C24H33FN2O. The van der Waals surface area contributed by atoms with Gasteiger partial charge in [-0.15, -0.1) is 0 Å². The Kier molecular flexibility index (Phi) is 4.53. The van der Waals surface area contributed by atoms with Gasteiger partial charge < -0.3 is 11.1 Å². The van der Waals surface area contributed by atoms with Crippen molar-refractivity contribution in [3.05, 3.63) is 35.9 Å². The summed E-state index contributed by atoms with van der Waals surface area (Å²) >= 11 is 0. The lowest BCUT2D eigenvalue weighted by Crippen LogP contribution is -2.63. The van der Waals surface area contributed by atoms with Crippen molar-refractivity contribution < 1.29 is 9.18 Å². The highest BCUT2D eigenvalue weighted by molar-refractivity contribution is 5.84. The van der Waals surface area contributed by atoms with Crippen molar-refractivity contribution in [3.8, 4) is 0 Å². The van der Waals surface area contributed by atoms with Crippen molar-refractivity contribution in [2.24, 2.45) is 28.9 Å². The molecule has 1 amide bonds. The first kappa shape index (κ1) is 18.6. The molecule has 3 N–H and O–H groups in total.